The monoisotopic (exact) mass is 553 g/mol. The van der Waals surface area contributed by atoms with Crippen LogP contribution in [0, 0.1) is 5.41 Å². The number of nitrogens with one attached hydrogen (secondary N) is 2. The van der Waals surface area contributed by atoms with E-state index in [4.69, 9.17) is 0 Å². The van der Waals surface area contributed by atoms with Crippen LogP contribution in [-0.4, -0.2) is 60.9 Å². The second-order valence-corrected chi connectivity index (χ2v) is 14.8. The number of sulfonamides is 1. The Hall–Kier alpha value is -2.85. The first kappa shape index (κ1) is 26.4. The molecule has 1 aromatic heterocycles. The molecule has 39 heavy (non-hydrogen) atoms. The highest BCUT2D eigenvalue weighted by Gasteiger charge is 2.50. The van der Waals surface area contributed by atoms with E-state index in [-0.39, 0.29) is 5.91 Å². The third kappa shape index (κ3) is 5.45. The number of rotatable bonds is 7. The van der Waals surface area contributed by atoms with Crippen molar-refractivity contribution >= 4 is 38.9 Å². The molecule has 3 N–H and O–H groups in total. The van der Waals surface area contributed by atoms with Gasteiger partial charge in [0, 0.05) is 26.2 Å². The van der Waals surface area contributed by atoms with Crippen LogP contribution < -0.4 is 19.8 Å². The van der Waals surface area contributed by atoms with E-state index in [1.54, 1.807) is 25.1 Å². The van der Waals surface area contributed by atoms with Crippen molar-refractivity contribution in [1.29, 1.82) is 0 Å². The molecule has 0 bridgehead atoms. The van der Waals surface area contributed by atoms with Gasteiger partial charge in [-0.3, -0.25) is 9.52 Å². The number of β-amino-alcohol motifs (C(OH)–C–C–N with tert-alkyl or cyclic N) is 1. The van der Waals surface area contributed by atoms with Crippen LogP contribution in [0.4, 0.5) is 23.0 Å². The molecule has 2 aromatic rings. The summed E-state index contributed by atoms with van der Waals surface area (Å²) >= 11 is 0. The lowest BCUT2D eigenvalue weighted by Crippen LogP contribution is -2.46. The van der Waals surface area contributed by atoms with Gasteiger partial charge in [0.2, 0.25) is 10.0 Å². The number of piperidine rings is 2. The molecule has 1 spiro atoms. The number of anilines is 4. The third-order valence-corrected chi connectivity index (χ3v) is 11.4. The number of carbonyl (C=O) groups excluding carboxylic acids is 1. The Morgan fingerprint density at radius 1 is 0.949 bits per heavy atom. The fraction of sp³-hybridized carbons (Fsp3) is 0.586. The van der Waals surface area contributed by atoms with Crippen molar-refractivity contribution in [3.8, 4) is 0 Å². The first-order valence-corrected chi connectivity index (χ1v) is 15.6. The molecule has 1 amide bonds. The van der Waals surface area contributed by atoms with Crippen LogP contribution in [-0.2, 0) is 10.0 Å². The fourth-order valence-electron chi connectivity index (χ4n) is 5.94. The molecule has 210 valence electrons. The van der Waals surface area contributed by atoms with Crippen LogP contribution >= 0.6 is 0 Å². The number of nitrogens with zero attached hydrogens (tertiary/aromatic N) is 3. The SMILES string of the molecule is CC1(S(=O)(=O)Nc2ccc(C(=O)Nc3cccc(N4CCC[C@@](C)(O)C4)n3)c(N3CCC4(CC3)CC4)c2)CC1. The highest BCUT2D eigenvalue weighted by atomic mass is 32.2. The molecule has 1 atom stereocenters. The number of benzene rings is 1. The van der Waals surface area contributed by atoms with Gasteiger partial charge >= 0.3 is 0 Å². The van der Waals surface area contributed by atoms with Gasteiger partial charge in [0.25, 0.3) is 5.91 Å². The molecule has 1 aromatic carbocycles. The average Bonchev–Trinajstić information content (AvgIpc) is 3.82. The van der Waals surface area contributed by atoms with Crippen molar-refractivity contribution < 1.29 is 18.3 Å². The van der Waals surface area contributed by atoms with E-state index in [1.807, 2.05) is 30.0 Å². The molecule has 0 radical (unpaired) electrons. The van der Waals surface area contributed by atoms with Gasteiger partial charge in [-0.25, -0.2) is 13.4 Å². The van der Waals surface area contributed by atoms with Crippen molar-refractivity contribution in [2.75, 3.05) is 46.0 Å². The van der Waals surface area contributed by atoms with Gasteiger partial charge in [0.05, 0.1) is 27.3 Å². The Labute approximate surface area is 231 Å². The standard InChI is InChI=1S/C29H39N5O4S/c1-27(36)9-4-16-34(20-27)25-6-3-5-24(30-25)31-26(35)22-8-7-21(32-39(37,38)28(2)10-11-28)19-23(22)33-17-14-29(12-13-29)15-18-33/h3,5-8,19,32,36H,4,9-18,20H2,1-2H3,(H,30,31,35)/t27-/m1/s1. The van der Waals surface area contributed by atoms with Crippen molar-refractivity contribution in [1.82, 2.24) is 4.98 Å². The smallest absolute Gasteiger partial charge is 0.258 e. The zero-order valence-corrected chi connectivity index (χ0v) is 23.7. The van der Waals surface area contributed by atoms with Crippen LogP contribution in [0.15, 0.2) is 36.4 Å². The molecule has 3 heterocycles. The van der Waals surface area contributed by atoms with Crippen molar-refractivity contribution in [2.45, 2.75) is 75.6 Å². The van der Waals surface area contributed by atoms with Gasteiger partial charge in [-0.15, -0.1) is 0 Å². The Balaban J connectivity index is 1.24. The summed E-state index contributed by atoms with van der Waals surface area (Å²) in [5.74, 6) is 0.878. The molecular formula is C29H39N5O4S. The van der Waals surface area contributed by atoms with E-state index in [9.17, 15) is 18.3 Å². The van der Waals surface area contributed by atoms with Gasteiger partial charge < -0.3 is 20.2 Å². The quantitative estimate of drug-likeness (QED) is 0.467. The predicted octanol–water partition coefficient (Wildman–Crippen LogP) is 4.36. The Morgan fingerprint density at radius 3 is 2.36 bits per heavy atom. The summed E-state index contributed by atoms with van der Waals surface area (Å²) in [5, 5.41) is 13.5. The van der Waals surface area contributed by atoms with Gasteiger partial charge in [0.1, 0.15) is 11.6 Å². The maximum Gasteiger partial charge on any atom is 0.258 e. The predicted molar refractivity (Wildman–Crippen MR) is 154 cm³/mol. The summed E-state index contributed by atoms with van der Waals surface area (Å²) in [6.45, 7) is 6.59. The molecule has 0 unspecified atom stereocenters. The van der Waals surface area contributed by atoms with Crippen molar-refractivity contribution in [3.63, 3.8) is 0 Å². The molecule has 2 saturated heterocycles. The zero-order valence-electron chi connectivity index (χ0n) is 22.9. The van der Waals surface area contributed by atoms with Crippen LogP contribution in [0.3, 0.4) is 0 Å². The van der Waals surface area contributed by atoms with Crippen LogP contribution in [0.5, 0.6) is 0 Å². The van der Waals surface area contributed by atoms with Gasteiger partial charge in [-0.05, 0) is 101 Å². The average molecular weight is 554 g/mol. The van der Waals surface area contributed by atoms with E-state index in [0.29, 0.717) is 41.9 Å². The maximum absolute atomic E-state index is 13.6. The minimum absolute atomic E-state index is 0.282. The molecule has 2 aliphatic heterocycles. The number of hydrogen-bond acceptors (Lipinski definition) is 7. The van der Waals surface area contributed by atoms with E-state index in [1.165, 1.54) is 12.8 Å². The van der Waals surface area contributed by atoms with Gasteiger partial charge in [0.15, 0.2) is 0 Å². The lowest BCUT2D eigenvalue weighted by molar-refractivity contribution is 0.0447. The van der Waals surface area contributed by atoms with E-state index in [0.717, 1.165) is 56.8 Å². The van der Waals surface area contributed by atoms with Crippen molar-refractivity contribution in [3.05, 3.63) is 42.0 Å². The molecule has 6 rings (SSSR count). The molecular weight excluding hydrogens is 514 g/mol. The lowest BCUT2D eigenvalue weighted by Gasteiger charge is -2.37. The number of amides is 1. The zero-order chi connectivity index (χ0) is 27.5. The summed E-state index contributed by atoms with van der Waals surface area (Å²) in [6.07, 6.45) is 7.68. The van der Waals surface area contributed by atoms with Crippen molar-refractivity contribution in [2.24, 2.45) is 5.41 Å². The summed E-state index contributed by atoms with van der Waals surface area (Å²) in [4.78, 5) is 22.5. The molecule has 4 aliphatic rings. The molecule has 10 heteroatoms. The summed E-state index contributed by atoms with van der Waals surface area (Å²) in [5.41, 5.74) is 1.44. The van der Waals surface area contributed by atoms with Gasteiger partial charge in [-0.1, -0.05) is 6.07 Å². The topological polar surface area (TPSA) is 115 Å². The van der Waals surface area contributed by atoms with Gasteiger partial charge in [-0.2, -0.15) is 0 Å². The highest BCUT2D eigenvalue weighted by Crippen LogP contribution is 2.54. The van der Waals surface area contributed by atoms with E-state index < -0.39 is 20.4 Å². The summed E-state index contributed by atoms with van der Waals surface area (Å²) in [7, 11) is -3.50. The minimum Gasteiger partial charge on any atom is -0.388 e. The Bertz CT molecular complexity index is 1370. The normalized spacial score (nSPS) is 25.3. The summed E-state index contributed by atoms with van der Waals surface area (Å²) in [6, 6.07) is 10.7. The van der Waals surface area contributed by atoms with E-state index in [2.05, 4.69) is 19.9 Å². The number of pyridine rings is 1. The second-order valence-electron chi connectivity index (χ2n) is 12.6. The minimum atomic E-state index is -3.50. The largest absolute Gasteiger partial charge is 0.388 e. The number of hydrogen-bond donors (Lipinski definition) is 3. The maximum atomic E-state index is 13.6. The molecule has 2 aliphatic carbocycles. The molecule has 2 saturated carbocycles. The highest BCUT2D eigenvalue weighted by molar-refractivity contribution is 7.94. The molecule has 4 fully saturated rings. The Morgan fingerprint density at radius 2 is 1.69 bits per heavy atom. The number of aliphatic hydroxyl groups is 1. The van der Waals surface area contributed by atoms with Crippen LogP contribution in [0.2, 0.25) is 0 Å². The number of carbonyl (C=O) groups is 1. The molecule has 9 nitrogen and oxygen atoms in total. The van der Waals surface area contributed by atoms with Crippen LogP contribution in [0.25, 0.3) is 0 Å². The third-order valence-electron chi connectivity index (χ3n) is 9.19. The summed E-state index contributed by atoms with van der Waals surface area (Å²) < 4.78 is 27.8. The fourth-order valence-corrected chi connectivity index (χ4v) is 7.26. The van der Waals surface area contributed by atoms with Crippen LogP contribution in [0.1, 0.15) is 75.6 Å². The second kappa shape index (κ2) is 9.37. The first-order valence-electron chi connectivity index (χ1n) is 14.1. The number of aromatic nitrogens is 1. The Kier molecular flexibility index (Phi) is 6.34. The first-order chi connectivity index (χ1) is 18.5. The lowest BCUT2D eigenvalue weighted by atomic mass is 9.93. The van der Waals surface area contributed by atoms with E-state index >= 15 is 0 Å².